The molecule has 0 spiro atoms. The molecule has 0 aliphatic heterocycles. The zero-order chi connectivity index (χ0) is 23.2. The number of hydrogen-bond acceptors (Lipinski definition) is 6. The molecule has 3 heterocycles. The third-order valence-corrected chi connectivity index (χ3v) is 6.40. The Bertz CT molecular complexity index is 1340. The fourth-order valence-corrected chi connectivity index (χ4v) is 4.57. The maximum Gasteiger partial charge on any atom is 0.261 e. The van der Waals surface area contributed by atoms with Crippen LogP contribution in [0.2, 0.25) is 0 Å². The molecule has 0 radical (unpaired) electrons. The van der Waals surface area contributed by atoms with E-state index in [1.54, 1.807) is 36.8 Å². The van der Waals surface area contributed by atoms with Crippen molar-refractivity contribution in [2.75, 3.05) is 5.32 Å². The lowest BCUT2D eigenvalue weighted by Gasteiger charge is -2.25. The van der Waals surface area contributed by atoms with Gasteiger partial charge < -0.3 is 15.2 Å². The van der Waals surface area contributed by atoms with Gasteiger partial charge in [-0.15, -0.1) is 0 Å². The van der Waals surface area contributed by atoms with Gasteiger partial charge in [0.15, 0.2) is 5.65 Å². The number of anilines is 1. The number of aliphatic hydroxyl groups is 1. The Hall–Kier alpha value is -3.59. The predicted molar refractivity (Wildman–Crippen MR) is 123 cm³/mol. The standard InChI is InChI=1S/C24H26N6O3/c1-24(2,33)19-11-20-16(13-30(28-20)17-6-4-15(14-31)5-7-17)10-21(19)27-23(32)18-12-26-29-9-3-8-25-22(18)29/h3,8-15,17,33H,4-7H2,1-2H3,(H,27,32)/t15-,17-. The highest BCUT2D eigenvalue weighted by molar-refractivity contribution is 6.09. The molecule has 0 atom stereocenters. The van der Waals surface area contributed by atoms with E-state index in [1.807, 2.05) is 23.0 Å². The van der Waals surface area contributed by atoms with Crippen molar-refractivity contribution in [2.45, 2.75) is 51.2 Å². The van der Waals surface area contributed by atoms with Gasteiger partial charge in [0.2, 0.25) is 0 Å². The number of carbonyl (C=O) groups is 2. The smallest absolute Gasteiger partial charge is 0.261 e. The normalized spacial score (nSPS) is 19.1. The summed E-state index contributed by atoms with van der Waals surface area (Å²) >= 11 is 0. The van der Waals surface area contributed by atoms with E-state index in [0.29, 0.717) is 22.5 Å². The number of aromatic nitrogens is 5. The Morgan fingerprint density at radius 1 is 1.24 bits per heavy atom. The van der Waals surface area contributed by atoms with Gasteiger partial charge in [0.1, 0.15) is 11.8 Å². The number of aldehydes is 1. The quantitative estimate of drug-likeness (QED) is 0.454. The molecule has 170 valence electrons. The third kappa shape index (κ3) is 4.00. The minimum Gasteiger partial charge on any atom is -0.386 e. The van der Waals surface area contributed by atoms with Crippen molar-refractivity contribution in [3.63, 3.8) is 0 Å². The Kier molecular flexibility index (Phi) is 5.20. The lowest BCUT2D eigenvalue weighted by atomic mass is 9.87. The highest BCUT2D eigenvalue weighted by Gasteiger charge is 2.26. The number of hydrogen-bond donors (Lipinski definition) is 2. The first kappa shape index (κ1) is 21.3. The first-order chi connectivity index (χ1) is 15.8. The Balaban J connectivity index is 1.49. The zero-order valence-corrected chi connectivity index (χ0v) is 18.6. The van der Waals surface area contributed by atoms with Gasteiger partial charge in [0, 0.05) is 41.1 Å². The molecular formula is C24H26N6O3. The fourth-order valence-electron chi connectivity index (χ4n) is 4.57. The van der Waals surface area contributed by atoms with Crippen LogP contribution in [0.5, 0.6) is 0 Å². The van der Waals surface area contributed by atoms with Gasteiger partial charge in [-0.1, -0.05) is 0 Å². The molecule has 0 bridgehead atoms. The van der Waals surface area contributed by atoms with Crippen LogP contribution in [0.4, 0.5) is 5.69 Å². The summed E-state index contributed by atoms with van der Waals surface area (Å²) in [5, 5.41) is 23.5. The van der Waals surface area contributed by atoms with Crippen LogP contribution in [0.15, 0.2) is 43.0 Å². The minimum absolute atomic E-state index is 0.143. The topological polar surface area (TPSA) is 114 Å². The van der Waals surface area contributed by atoms with Crippen LogP contribution in [-0.2, 0) is 10.4 Å². The molecule has 0 saturated heterocycles. The first-order valence-corrected chi connectivity index (χ1v) is 11.1. The monoisotopic (exact) mass is 446 g/mol. The SMILES string of the molecule is CC(C)(O)c1cc2nn([C@H]3CC[C@H](C=O)CC3)cc2cc1NC(=O)c1cnn2cccnc12. The van der Waals surface area contributed by atoms with Gasteiger partial charge >= 0.3 is 0 Å². The number of rotatable bonds is 5. The van der Waals surface area contributed by atoms with E-state index in [1.165, 1.54) is 6.20 Å². The summed E-state index contributed by atoms with van der Waals surface area (Å²) in [7, 11) is 0. The summed E-state index contributed by atoms with van der Waals surface area (Å²) in [6.45, 7) is 3.36. The van der Waals surface area contributed by atoms with E-state index in [4.69, 9.17) is 5.10 Å². The molecule has 33 heavy (non-hydrogen) atoms. The second-order valence-corrected chi connectivity index (χ2v) is 9.23. The van der Waals surface area contributed by atoms with Crippen molar-refractivity contribution in [1.29, 1.82) is 0 Å². The molecule has 2 N–H and O–H groups in total. The van der Waals surface area contributed by atoms with Crippen LogP contribution < -0.4 is 5.32 Å². The second kappa shape index (κ2) is 8.08. The van der Waals surface area contributed by atoms with Crippen LogP contribution in [-0.4, -0.2) is 41.7 Å². The molecule has 1 fully saturated rings. The maximum absolute atomic E-state index is 13.1. The Morgan fingerprint density at radius 2 is 2.03 bits per heavy atom. The molecule has 4 aromatic rings. The number of amides is 1. The van der Waals surface area contributed by atoms with Gasteiger partial charge in [-0.25, -0.2) is 9.50 Å². The predicted octanol–water partition coefficient (Wildman–Crippen LogP) is 3.49. The molecule has 5 rings (SSSR count). The summed E-state index contributed by atoms with van der Waals surface area (Å²) in [5.41, 5.74) is 1.45. The Labute approximate surface area is 190 Å². The van der Waals surface area contributed by atoms with Crippen LogP contribution in [0.3, 0.4) is 0 Å². The van der Waals surface area contributed by atoms with Gasteiger partial charge in [-0.2, -0.15) is 10.2 Å². The largest absolute Gasteiger partial charge is 0.386 e. The maximum atomic E-state index is 13.1. The number of carbonyl (C=O) groups excluding carboxylic acids is 2. The summed E-state index contributed by atoms with van der Waals surface area (Å²) < 4.78 is 3.50. The van der Waals surface area contributed by atoms with Crippen molar-refractivity contribution in [1.82, 2.24) is 24.4 Å². The van der Waals surface area contributed by atoms with Gasteiger partial charge in [-0.3, -0.25) is 9.48 Å². The van der Waals surface area contributed by atoms with Gasteiger partial charge in [0.05, 0.1) is 23.4 Å². The van der Waals surface area contributed by atoms with E-state index in [2.05, 4.69) is 15.4 Å². The van der Waals surface area contributed by atoms with Crippen molar-refractivity contribution in [3.8, 4) is 0 Å². The van der Waals surface area contributed by atoms with Crippen LogP contribution >= 0.6 is 0 Å². The minimum atomic E-state index is -1.19. The van der Waals surface area contributed by atoms with E-state index in [0.717, 1.165) is 42.9 Å². The molecule has 9 heteroatoms. The van der Waals surface area contributed by atoms with Gasteiger partial charge in [-0.05, 0) is 57.7 Å². The van der Waals surface area contributed by atoms with E-state index < -0.39 is 5.60 Å². The molecular weight excluding hydrogens is 420 g/mol. The number of nitrogens with zero attached hydrogens (tertiary/aromatic N) is 5. The second-order valence-electron chi connectivity index (χ2n) is 9.23. The Morgan fingerprint density at radius 3 is 2.76 bits per heavy atom. The highest BCUT2D eigenvalue weighted by Crippen LogP contribution is 2.35. The van der Waals surface area contributed by atoms with Gasteiger partial charge in [0.25, 0.3) is 5.91 Å². The molecule has 1 amide bonds. The summed E-state index contributed by atoms with van der Waals surface area (Å²) in [4.78, 5) is 28.4. The summed E-state index contributed by atoms with van der Waals surface area (Å²) in [6.07, 6.45) is 11.4. The first-order valence-electron chi connectivity index (χ1n) is 11.1. The molecule has 3 aromatic heterocycles. The molecule has 9 nitrogen and oxygen atoms in total. The van der Waals surface area contributed by atoms with Crippen molar-refractivity contribution >= 4 is 34.4 Å². The number of benzene rings is 1. The summed E-state index contributed by atoms with van der Waals surface area (Å²) in [6, 6.07) is 5.65. The average Bonchev–Trinajstić information content (AvgIpc) is 3.42. The summed E-state index contributed by atoms with van der Waals surface area (Å²) in [5.74, 6) is -0.211. The van der Waals surface area contributed by atoms with E-state index in [9.17, 15) is 14.7 Å². The number of nitrogens with one attached hydrogen (secondary N) is 1. The van der Waals surface area contributed by atoms with E-state index >= 15 is 0 Å². The molecule has 1 aliphatic rings. The highest BCUT2D eigenvalue weighted by atomic mass is 16.3. The lowest BCUT2D eigenvalue weighted by molar-refractivity contribution is -0.112. The molecule has 0 unspecified atom stereocenters. The van der Waals surface area contributed by atoms with Crippen molar-refractivity contribution in [3.05, 3.63) is 54.1 Å². The van der Waals surface area contributed by atoms with Crippen LogP contribution in [0.25, 0.3) is 16.6 Å². The lowest BCUT2D eigenvalue weighted by Crippen LogP contribution is -2.21. The number of fused-ring (bicyclic) bond motifs is 2. The van der Waals surface area contributed by atoms with Crippen LogP contribution in [0.1, 0.15) is 61.5 Å². The zero-order valence-electron chi connectivity index (χ0n) is 18.6. The molecule has 1 aromatic carbocycles. The third-order valence-electron chi connectivity index (χ3n) is 6.40. The van der Waals surface area contributed by atoms with Crippen molar-refractivity contribution < 1.29 is 14.7 Å². The molecule has 1 aliphatic carbocycles. The molecule has 1 saturated carbocycles. The fraction of sp³-hybridized carbons (Fsp3) is 0.375. The average molecular weight is 447 g/mol. The van der Waals surface area contributed by atoms with Crippen molar-refractivity contribution in [2.24, 2.45) is 5.92 Å². The van der Waals surface area contributed by atoms with Crippen LogP contribution in [0, 0.1) is 5.92 Å². The van der Waals surface area contributed by atoms with E-state index in [-0.39, 0.29) is 17.9 Å².